The summed E-state index contributed by atoms with van der Waals surface area (Å²) in [5.74, 6) is 0.0864. The number of aryl methyl sites for hydroxylation is 2. The Morgan fingerprint density at radius 1 is 1.02 bits per heavy atom. The van der Waals surface area contributed by atoms with Crippen molar-refractivity contribution in [2.45, 2.75) is 70.5 Å². The summed E-state index contributed by atoms with van der Waals surface area (Å²) in [6.45, 7) is 14.4. The highest BCUT2D eigenvalue weighted by molar-refractivity contribution is 5.96. The first-order valence-corrected chi connectivity index (χ1v) is 15.7. The van der Waals surface area contributed by atoms with Gasteiger partial charge in [-0.15, -0.1) is 0 Å². The van der Waals surface area contributed by atoms with Crippen LogP contribution in [-0.4, -0.2) is 96.0 Å². The van der Waals surface area contributed by atoms with Crippen LogP contribution in [0.2, 0.25) is 0 Å². The third-order valence-corrected chi connectivity index (χ3v) is 9.21. The smallest absolute Gasteiger partial charge is 0.271 e. The van der Waals surface area contributed by atoms with Crippen LogP contribution in [0, 0.1) is 6.92 Å². The number of carbonyl (C=O) groups excluding carboxylic acids is 2. The van der Waals surface area contributed by atoms with E-state index >= 15 is 0 Å². The molecule has 11 nitrogen and oxygen atoms in total. The van der Waals surface area contributed by atoms with Gasteiger partial charge in [0.25, 0.3) is 5.91 Å². The van der Waals surface area contributed by atoms with E-state index in [2.05, 4.69) is 68.3 Å². The molecule has 232 valence electrons. The molecule has 1 aromatic heterocycles. The summed E-state index contributed by atoms with van der Waals surface area (Å²) < 4.78 is 0. The average molecular weight is 590 g/mol. The van der Waals surface area contributed by atoms with E-state index < -0.39 is 5.91 Å². The molecule has 2 atom stereocenters. The molecule has 3 aliphatic rings. The summed E-state index contributed by atoms with van der Waals surface area (Å²) in [5.41, 5.74) is 9.73. The molecule has 11 heteroatoms. The number of nitrogens with two attached hydrogens (primary N) is 1. The molecule has 0 spiro atoms. The Kier molecular flexibility index (Phi) is 9.82. The molecule has 5 N–H and O–H groups in total. The number of piperazine rings is 1. The van der Waals surface area contributed by atoms with Gasteiger partial charge >= 0.3 is 0 Å². The number of nitrogens with zero attached hydrogens (tertiary/aromatic N) is 5. The van der Waals surface area contributed by atoms with Crippen molar-refractivity contribution >= 4 is 34.8 Å². The molecule has 0 radical (unpaired) electrons. The molecule has 0 bridgehead atoms. The second-order valence-electron chi connectivity index (χ2n) is 12.1. The second kappa shape index (κ2) is 13.7. The third-order valence-electron chi connectivity index (χ3n) is 9.21. The lowest BCUT2D eigenvalue weighted by molar-refractivity contribution is -0.117. The van der Waals surface area contributed by atoms with Gasteiger partial charge in [0.05, 0.1) is 5.69 Å². The van der Waals surface area contributed by atoms with E-state index in [0.29, 0.717) is 29.8 Å². The number of benzene rings is 1. The number of amides is 2. The lowest BCUT2D eigenvalue weighted by Gasteiger charge is -2.43. The molecule has 2 aliphatic heterocycles. The van der Waals surface area contributed by atoms with Gasteiger partial charge in [0.15, 0.2) is 17.3 Å². The molecule has 3 heterocycles. The molecule has 1 aromatic carbocycles. The molecule has 2 saturated heterocycles. The monoisotopic (exact) mass is 589 g/mol. The van der Waals surface area contributed by atoms with Crippen LogP contribution in [0.25, 0.3) is 0 Å². The van der Waals surface area contributed by atoms with Crippen molar-refractivity contribution in [3.8, 4) is 0 Å². The Morgan fingerprint density at radius 3 is 2.40 bits per heavy atom. The van der Waals surface area contributed by atoms with E-state index in [1.807, 2.05) is 13.0 Å². The summed E-state index contributed by atoms with van der Waals surface area (Å²) in [6, 6.07) is 6.90. The van der Waals surface area contributed by atoms with Crippen molar-refractivity contribution in [3.05, 3.63) is 47.8 Å². The lowest BCUT2D eigenvalue weighted by atomic mass is 10.0. The fraction of sp³-hybridized carbons (Fsp3) is 0.562. The normalized spacial score (nSPS) is 21.9. The van der Waals surface area contributed by atoms with Crippen molar-refractivity contribution < 1.29 is 9.59 Å². The zero-order chi connectivity index (χ0) is 30.5. The summed E-state index contributed by atoms with van der Waals surface area (Å²) in [7, 11) is 2.21. The molecule has 1 aliphatic carbocycles. The molecule has 1 saturated carbocycles. The van der Waals surface area contributed by atoms with Crippen LogP contribution in [-0.2, 0) is 11.2 Å². The Hall–Kier alpha value is -3.70. The number of piperidine rings is 1. The van der Waals surface area contributed by atoms with Gasteiger partial charge in [-0.1, -0.05) is 13.5 Å². The first-order valence-electron chi connectivity index (χ1n) is 15.7. The fourth-order valence-electron chi connectivity index (χ4n) is 6.70. The van der Waals surface area contributed by atoms with Crippen LogP contribution < -0.4 is 26.6 Å². The van der Waals surface area contributed by atoms with Gasteiger partial charge in [-0.25, -0.2) is 9.97 Å². The number of carbonyl (C=O) groups is 2. The Bertz CT molecular complexity index is 1320. The largest absolute Gasteiger partial charge is 0.371 e. The van der Waals surface area contributed by atoms with E-state index in [9.17, 15) is 9.59 Å². The minimum Gasteiger partial charge on any atom is -0.371 e. The first kappa shape index (κ1) is 30.7. The summed E-state index contributed by atoms with van der Waals surface area (Å²) in [6.07, 6.45) is 6.97. The number of nitrogens with one attached hydrogen (secondary N) is 3. The molecular formula is C32H47N9O2. The Labute approximate surface area is 255 Å². The number of hydrogen-bond acceptors (Lipinski definition) is 9. The number of likely N-dealkylation sites (N-methyl/N-ethyl adjacent to an activating group) is 1. The predicted molar refractivity (Wildman–Crippen MR) is 172 cm³/mol. The van der Waals surface area contributed by atoms with E-state index in [1.54, 1.807) is 0 Å². The highest BCUT2D eigenvalue weighted by Gasteiger charge is 2.30. The fourth-order valence-corrected chi connectivity index (χ4v) is 6.70. The molecule has 0 unspecified atom stereocenters. The zero-order valence-electron chi connectivity index (χ0n) is 25.9. The SMILES string of the molecule is C=CC(=O)N[C@H]1CCC[C@@H]1Nc1nc(Nc2ccc(N3CCC(N4CCN(C)CC4)CC3)c(C)c2)c(C(N)=O)nc1CC. The van der Waals surface area contributed by atoms with Gasteiger partial charge in [-0.3, -0.25) is 14.5 Å². The maximum Gasteiger partial charge on any atom is 0.271 e. The minimum atomic E-state index is -0.634. The van der Waals surface area contributed by atoms with Gasteiger partial charge in [0, 0.05) is 68.8 Å². The number of hydrogen-bond donors (Lipinski definition) is 4. The van der Waals surface area contributed by atoms with Gasteiger partial charge in [-0.05, 0) is 82.3 Å². The summed E-state index contributed by atoms with van der Waals surface area (Å²) >= 11 is 0. The van der Waals surface area contributed by atoms with Crippen molar-refractivity contribution in [2.24, 2.45) is 5.73 Å². The summed E-state index contributed by atoms with van der Waals surface area (Å²) in [4.78, 5) is 41.4. The van der Waals surface area contributed by atoms with Crippen molar-refractivity contribution in [1.82, 2.24) is 25.1 Å². The highest BCUT2D eigenvalue weighted by atomic mass is 16.2. The molecule has 3 fully saturated rings. The van der Waals surface area contributed by atoms with Crippen LogP contribution in [0.1, 0.15) is 60.8 Å². The minimum absolute atomic E-state index is 0.00213. The van der Waals surface area contributed by atoms with Crippen LogP contribution in [0.3, 0.4) is 0 Å². The molecule has 43 heavy (non-hydrogen) atoms. The topological polar surface area (TPSA) is 132 Å². The van der Waals surface area contributed by atoms with Crippen LogP contribution in [0.15, 0.2) is 30.9 Å². The third kappa shape index (κ3) is 7.27. The quantitative estimate of drug-likeness (QED) is 0.309. The van der Waals surface area contributed by atoms with Crippen molar-refractivity contribution in [1.29, 1.82) is 0 Å². The standard InChI is InChI=1S/C32H47N9O2/c1-5-24-31(37-26-9-7-8-25(26)35-28(42)6-2)38-32(29(36-24)30(33)43)34-22-10-11-27(21(3)20-22)41-14-12-23(13-15-41)40-18-16-39(4)17-19-40/h6,10-11,20,23,25-26H,2,5,7-9,12-19H2,1,3-4H3,(H2,33,43)(H,35,42)(H2,34,37,38)/t25-,26-/m0/s1. The van der Waals surface area contributed by atoms with E-state index in [-0.39, 0.29) is 23.7 Å². The van der Waals surface area contributed by atoms with Gasteiger partial charge in [0.2, 0.25) is 5.91 Å². The first-order chi connectivity index (χ1) is 20.7. The Balaban J connectivity index is 1.29. The number of anilines is 4. The molecule has 2 amide bonds. The lowest BCUT2D eigenvalue weighted by Crippen LogP contribution is -2.52. The van der Waals surface area contributed by atoms with Crippen molar-refractivity contribution in [3.63, 3.8) is 0 Å². The van der Waals surface area contributed by atoms with Gasteiger partial charge in [0.1, 0.15) is 0 Å². The van der Waals surface area contributed by atoms with Crippen LogP contribution in [0.4, 0.5) is 23.0 Å². The summed E-state index contributed by atoms with van der Waals surface area (Å²) in [5, 5.41) is 9.83. The number of primary amides is 1. The maximum atomic E-state index is 12.4. The molecule has 5 rings (SSSR count). The number of rotatable bonds is 10. The number of aromatic nitrogens is 2. The van der Waals surface area contributed by atoms with E-state index in [0.717, 1.165) is 56.7 Å². The predicted octanol–water partition coefficient (Wildman–Crippen LogP) is 3.04. The average Bonchev–Trinajstić information content (AvgIpc) is 3.43. The van der Waals surface area contributed by atoms with E-state index in [4.69, 9.17) is 10.7 Å². The second-order valence-corrected chi connectivity index (χ2v) is 12.1. The Morgan fingerprint density at radius 2 is 1.74 bits per heavy atom. The molecule has 2 aromatic rings. The van der Waals surface area contributed by atoms with Gasteiger partial charge in [-0.2, -0.15) is 0 Å². The van der Waals surface area contributed by atoms with Crippen molar-refractivity contribution in [2.75, 3.05) is 61.8 Å². The van der Waals surface area contributed by atoms with Gasteiger partial charge < -0.3 is 31.5 Å². The molecular weight excluding hydrogens is 542 g/mol. The van der Waals surface area contributed by atoms with Crippen LogP contribution >= 0.6 is 0 Å². The zero-order valence-corrected chi connectivity index (χ0v) is 25.9. The van der Waals surface area contributed by atoms with Crippen LogP contribution in [0.5, 0.6) is 0 Å². The maximum absolute atomic E-state index is 12.4. The highest BCUT2D eigenvalue weighted by Crippen LogP contribution is 2.31. The van der Waals surface area contributed by atoms with E-state index in [1.165, 1.54) is 37.7 Å².